The van der Waals surface area contributed by atoms with Gasteiger partial charge in [0.15, 0.2) is 0 Å². The van der Waals surface area contributed by atoms with Crippen LogP contribution in [0.3, 0.4) is 0 Å². The Morgan fingerprint density at radius 2 is 1.61 bits per heavy atom. The van der Waals surface area contributed by atoms with E-state index < -0.39 is 34.3 Å². The van der Waals surface area contributed by atoms with Crippen molar-refractivity contribution in [2.45, 2.75) is 69.5 Å². The summed E-state index contributed by atoms with van der Waals surface area (Å²) in [4.78, 5) is 28.7. The minimum absolute atomic E-state index is 0.00370. The highest BCUT2D eigenvalue weighted by Crippen LogP contribution is 2.31. The van der Waals surface area contributed by atoms with Crippen LogP contribution in [-0.4, -0.2) is 43.8 Å². The van der Waals surface area contributed by atoms with Crippen molar-refractivity contribution in [3.8, 4) is 0 Å². The first-order chi connectivity index (χ1) is 19.6. The molecule has 41 heavy (non-hydrogen) atoms. The van der Waals surface area contributed by atoms with Crippen molar-refractivity contribution in [1.29, 1.82) is 0 Å². The van der Waals surface area contributed by atoms with Gasteiger partial charge in [0.05, 0.1) is 15.6 Å². The minimum Gasteiger partial charge on any atom is -0.352 e. The van der Waals surface area contributed by atoms with E-state index in [0.29, 0.717) is 5.56 Å². The minimum atomic E-state index is -4.22. The molecule has 0 saturated heterocycles. The van der Waals surface area contributed by atoms with Crippen molar-refractivity contribution in [1.82, 2.24) is 10.2 Å². The molecule has 1 saturated carbocycles. The number of amides is 2. The van der Waals surface area contributed by atoms with Gasteiger partial charge in [0.25, 0.3) is 10.0 Å². The van der Waals surface area contributed by atoms with Crippen LogP contribution in [-0.2, 0) is 26.2 Å². The molecule has 2 amide bonds. The fourth-order valence-corrected chi connectivity index (χ4v) is 6.66. The molecule has 3 aromatic carbocycles. The molecular weight excluding hydrogens is 565 g/mol. The standard InChI is InChI=1S/C31H35ClFN3O4S/c1-22-12-18-27(19-13-22)41(39,40)36(29-11-7-6-10-28(29)32)21-30(37)35(20-24-14-16-25(33)17-15-24)23(2)31(38)34-26-8-4-3-5-9-26/h6-7,10-19,23,26H,3-5,8-9,20-21H2,1-2H3,(H,34,38)/t23-/m0/s1. The number of nitrogens with zero attached hydrogens (tertiary/aromatic N) is 2. The summed E-state index contributed by atoms with van der Waals surface area (Å²) in [6, 6.07) is 17.5. The van der Waals surface area contributed by atoms with Gasteiger partial charge in [0.2, 0.25) is 11.8 Å². The second kappa shape index (κ2) is 13.5. The summed E-state index contributed by atoms with van der Waals surface area (Å²) in [7, 11) is -4.22. The van der Waals surface area contributed by atoms with Gasteiger partial charge >= 0.3 is 0 Å². The lowest BCUT2D eigenvalue weighted by Gasteiger charge is -2.33. The highest BCUT2D eigenvalue weighted by molar-refractivity contribution is 7.92. The Bertz CT molecular complexity index is 1460. The molecule has 1 fully saturated rings. The molecular formula is C31H35ClFN3O4S. The van der Waals surface area contributed by atoms with Crippen molar-refractivity contribution in [2.24, 2.45) is 0 Å². The molecule has 218 valence electrons. The number of anilines is 1. The zero-order valence-corrected chi connectivity index (χ0v) is 24.8. The van der Waals surface area contributed by atoms with Gasteiger partial charge in [-0.05, 0) is 68.7 Å². The van der Waals surface area contributed by atoms with E-state index >= 15 is 0 Å². The maximum Gasteiger partial charge on any atom is 0.264 e. The molecule has 1 N–H and O–H groups in total. The quantitative estimate of drug-likeness (QED) is 0.317. The molecule has 0 bridgehead atoms. The lowest BCUT2D eigenvalue weighted by Crippen LogP contribution is -2.53. The Morgan fingerprint density at radius 3 is 2.24 bits per heavy atom. The van der Waals surface area contributed by atoms with E-state index in [1.807, 2.05) is 6.92 Å². The Hall–Kier alpha value is -3.43. The van der Waals surface area contributed by atoms with Gasteiger partial charge in [-0.2, -0.15) is 0 Å². The number of hydrogen-bond donors (Lipinski definition) is 1. The molecule has 0 aliphatic heterocycles. The van der Waals surface area contributed by atoms with Crippen LogP contribution in [0.5, 0.6) is 0 Å². The van der Waals surface area contributed by atoms with Crippen LogP contribution in [0.25, 0.3) is 0 Å². The maximum absolute atomic E-state index is 14.0. The first kappa shape index (κ1) is 30.5. The summed E-state index contributed by atoms with van der Waals surface area (Å²) in [6.07, 6.45) is 4.94. The number of sulfonamides is 1. The normalized spacial score (nSPS) is 14.7. The van der Waals surface area contributed by atoms with Crippen LogP contribution in [0.4, 0.5) is 10.1 Å². The topological polar surface area (TPSA) is 86.8 Å². The highest BCUT2D eigenvalue weighted by Gasteiger charge is 2.34. The van der Waals surface area contributed by atoms with Crippen LogP contribution in [0.1, 0.15) is 50.2 Å². The van der Waals surface area contributed by atoms with E-state index in [1.54, 1.807) is 37.3 Å². The Labute approximate surface area is 246 Å². The average molecular weight is 600 g/mol. The summed E-state index contributed by atoms with van der Waals surface area (Å²) in [6.45, 7) is 2.86. The largest absolute Gasteiger partial charge is 0.352 e. The molecule has 4 rings (SSSR count). The van der Waals surface area contributed by atoms with E-state index in [-0.39, 0.29) is 34.1 Å². The number of carbonyl (C=O) groups is 2. The van der Waals surface area contributed by atoms with Crippen LogP contribution in [0, 0.1) is 12.7 Å². The molecule has 1 aliphatic carbocycles. The SMILES string of the molecule is Cc1ccc(S(=O)(=O)N(CC(=O)N(Cc2ccc(F)cc2)[C@@H](C)C(=O)NC2CCCCC2)c2ccccc2Cl)cc1. The third-order valence-corrected chi connectivity index (χ3v) is 9.49. The number of halogens is 2. The van der Waals surface area contributed by atoms with Gasteiger partial charge in [0.1, 0.15) is 18.4 Å². The van der Waals surface area contributed by atoms with Crippen LogP contribution < -0.4 is 9.62 Å². The van der Waals surface area contributed by atoms with Crippen molar-refractivity contribution < 1.29 is 22.4 Å². The molecule has 0 unspecified atom stereocenters. The van der Waals surface area contributed by atoms with Crippen LogP contribution >= 0.6 is 11.6 Å². The third-order valence-electron chi connectivity index (χ3n) is 7.39. The smallest absolute Gasteiger partial charge is 0.264 e. The number of hydrogen-bond acceptors (Lipinski definition) is 4. The van der Waals surface area contributed by atoms with Gasteiger partial charge in [-0.1, -0.05) is 72.8 Å². The van der Waals surface area contributed by atoms with Crippen LogP contribution in [0.15, 0.2) is 77.7 Å². The van der Waals surface area contributed by atoms with E-state index in [4.69, 9.17) is 11.6 Å². The number of carbonyl (C=O) groups excluding carboxylic acids is 2. The highest BCUT2D eigenvalue weighted by atomic mass is 35.5. The van der Waals surface area contributed by atoms with Gasteiger partial charge in [0, 0.05) is 12.6 Å². The Balaban J connectivity index is 1.68. The molecule has 0 heterocycles. The number of rotatable bonds is 10. The monoisotopic (exact) mass is 599 g/mol. The fourth-order valence-electron chi connectivity index (χ4n) is 4.94. The fraction of sp³-hybridized carbons (Fsp3) is 0.355. The summed E-state index contributed by atoms with van der Waals surface area (Å²) in [5.74, 6) is -1.35. The number of benzene rings is 3. The van der Waals surface area contributed by atoms with Crippen molar-refractivity contribution in [3.05, 3.63) is 94.8 Å². The van der Waals surface area contributed by atoms with Crippen molar-refractivity contribution in [2.75, 3.05) is 10.8 Å². The number of aryl methyl sites for hydroxylation is 1. The van der Waals surface area contributed by atoms with Crippen molar-refractivity contribution in [3.63, 3.8) is 0 Å². The zero-order chi connectivity index (χ0) is 29.6. The van der Waals surface area contributed by atoms with Gasteiger partial charge in [-0.3, -0.25) is 13.9 Å². The molecule has 0 aromatic heterocycles. The average Bonchev–Trinajstić information content (AvgIpc) is 2.96. The van der Waals surface area contributed by atoms with Crippen molar-refractivity contribution >= 4 is 39.1 Å². The third kappa shape index (κ3) is 7.65. The van der Waals surface area contributed by atoms with Gasteiger partial charge < -0.3 is 10.2 Å². The second-order valence-electron chi connectivity index (χ2n) is 10.4. The van der Waals surface area contributed by atoms with Gasteiger partial charge in [-0.25, -0.2) is 12.8 Å². The summed E-state index contributed by atoms with van der Waals surface area (Å²) < 4.78 is 42.4. The van der Waals surface area contributed by atoms with E-state index in [0.717, 1.165) is 42.0 Å². The molecule has 1 atom stereocenters. The van der Waals surface area contributed by atoms with E-state index in [9.17, 15) is 22.4 Å². The molecule has 1 aliphatic rings. The predicted molar refractivity (Wildman–Crippen MR) is 159 cm³/mol. The molecule has 0 radical (unpaired) electrons. The molecule has 7 nitrogen and oxygen atoms in total. The lowest BCUT2D eigenvalue weighted by atomic mass is 9.95. The molecule has 10 heteroatoms. The van der Waals surface area contributed by atoms with Gasteiger partial charge in [-0.15, -0.1) is 0 Å². The molecule has 0 spiro atoms. The van der Waals surface area contributed by atoms with E-state index in [2.05, 4.69) is 5.32 Å². The lowest BCUT2D eigenvalue weighted by molar-refractivity contribution is -0.139. The first-order valence-corrected chi connectivity index (χ1v) is 15.6. The van der Waals surface area contributed by atoms with Crippen LogP contribution in [0.2, 0.25) is 5.02 Å². The zero-order valence-electron chi connectivity index (χ0n) is 23.2. The first-order valence-electron chi connectivity index (χ1n) is 13.7. The summed E-state index contributed by atoms with van der Waals surface area (Å²) in [5, 5.41) is 3.22. The Kier molecular flexibility index (Phi) is 10.0. The molecule has 3 aromatic rings. The second-order valence-corrected chi connectivity index (χ2v) is 12.7. The number of nitrogens with one attached hydrogen (secondary N) is 1. The number of para-hydroxylation sites is 1. The van der Waals surface area contributed by atoms with E-state index in [1.165, 1.54) is 47.4 Å². The summed E-state index contributed by atoms with van der Waals surface area (Å²) in [5.41, 5.74) is 1.62. The predicted octanol–water partition coefficient (Wildman–Crippen LogP) is 5.85. The maximum atomic E-state index is 14.0. The Morgan fingerprint density at radius 1 is 0.976 bits per heavy atom. The summed E-state index contributed by atoms with van der Waals surface area (Å²) >= 11 is 6.44.